The normalized spacial score (nSPS) is 16.8. The van der Waals surface area contributed by atoms with Crippen molar-refractivity contribution < 1.29 is 14.3 Å². The van der Waals surface area contributed by atoms with Gasteiger partial charge in [0.25, 0.3) is 0 Å². The Hall–Kier alpha value is -2.78. The maximum absolute atomic E-state index is 12.0. The smallest absolute Gasteiger partial charge is 0.248 e. The summed E-state index contributed by atoms with van der Waals surface area (Å²) in [6.45, 7) is 2.54. The number of nitrogens with zero attached hydrogens (tertiary/aromatic N) is 3. The molecule has 2 heterocycles. The van der Waals surface area contributed by atoms with Gasteiger partial charge >= 0.3 is 0 Å². The molecule has 3 rings (SSSR count). The van der Waals surface area contributed by atoms with Gasteiger partial charge in [-0.3, -0.25) is 14.9 Å². The minimum atomic E-state index is -0.218. The van der Waals surface area contributed by atoms with Crippen LogP contribution in [0.2, 0.25) is 0 Å². The van der Waals surface area contributed by atoms with Gasteiger partial charge in [-0.2, -0.15) is 0 Å². The maximum atomic E-state index is 12.0. The van der Waals surface area contributed by atoms with Gasteiger partial charge in [0.15, 0.2) is 0 Å². The van der Waals surface area contributed by atoms with Crippen LogP contribution >= 0.6 is 0 Å². The van der Waals surface area contributed by atoms with Crippen molar-refractivity contribution in [2.24, 2.45) is 0 Å². The Bertz CT molecular complexity index is 727. The maximum Gasteiger partial charge on any atom is 0.248 e. The standard InChI is InChI=1S/C17H22N6O3/c24-15(8-14-10-18-6-7-26-14)21-17-20-12-23(22-17)11-16(25)19-9-13-4-2-1-3-5-13/h1-5,12,14,18H,6-11H2,(H,19,25)(H,21,22,24). The molecule has 0 radical (unpaired) electrons. The second-order valence-electron chi connectivity index (χ2n) is 5.98. The quantitative estimate of drug-likeness (QED) is 0.638. The monoisotopic (exact) mass is 358 g/mol. The summed E-state index contributed by atoms with van der Waals surface area (Å²) in [5, 5.41) is 12.7. The van der Waals surface area contributed by atoms with Crippen LogP contribution in [-0.2, 0) is 27.4 Å². The number of carbonyl (C=O) groups is 2. The Morgan fingerprint density at radius 2 is 2.12 bits per heavy atom. The Morgan fingerprint density at radius 3 is 2.88 bits per heavy atom. The number of amides is 2. The largest absolute Gasteiger partial charge is 0.375 e. The first-order valence-corrected chi connectivity index (χ1v) is 8.51. The summed E-state index contributed by atoms with van der Waals surface area (Å²) in [4.78, 5) is 28.0. The van der Waals surface area contributed by atoms with Crippen molar-refractivity contribution in [1.82, 2.24) is 25.4 Å². The fraction of sp³-hybridized carbons (Fsp3) is 0.412. The number of benzene rings is 1. The molecule has 2 amide bonds. The molecule has 0 spiro atoms. The highest BCUT2D eigenvalue weighted by molar-refractivity contribution is 5.89. The first-order chi connectivity index (χ1) is 12.7. The average Bonchev–Trinajstić information content (AvgIpc) is 3.08. The van der Waals surface area contributed by atoms with Crippen LogP contribution < -0.4 is 16.0 Å². The predicted molar refractivity (Wildman–Crippen MR) is 94.2 cm³/mol. The lowest BCUT2D eigenvalue weighted by atomic mass is 10.2. The van der Waals surface area contributed by atoms with Crippen molar-refractivity contribution in [3.63, 3.8) is 0 Å². The third kappa shape index (κ3) is 5.64. The minimum Gasteiger partial charge on any atom is -0.375 e. The van der Waals surface area contributed by atoms with E-state index in [1.54, 1.807) is 0 Å². The number of hydrogen-bond donors (Lipinski definition) is 3. The summed E-state index contributed by atoms with van der Waals surface area (Å²) in [7, 11) is 0. The highest BCUT2D eigenvalue weighted by atomic mass is 16.5. The van der Waals surface area contributed by atoms with E-state index in [0.717, 1.165) is 12.1 Å². The molecule has 1 aromatic heterocycles. The molecule has 1 aliphatic heterocycles. The number of carbonyl (C=O) groups excluding carboxylic acids is 2. The van der Waals surface area contributed by atoms with Crippen LogP contribution in [0.1, 0.15) is 12.0 Å². The van der Waals surface area contributed by atoms with E-state index in [2.05, 4.69) is 26.0 Å². The average molecular weight is 358 g/mol. The van der Waals surface area contributed by atoms with E-state index in [1.807, 2.05) is 30.3 Å². The van der Waals surface area contributed by atoms with Gasteiger partial charge in [-0.15, -0.1) is 5.10 Å². The molecule has 9 heteroatoms. The zero-order valence-corrected chi connectivity index (χ0v) is 14.4. The van der Waals surface area contributed by atoms with Crippen molar-refractivity contribution in [2.45, 2.75) is 25.6 Å². The summed E-state index contributed by atoms with van der Waals surface area (Å²) in [6, 6.07) is 9.64. The van der Waals surface area contributed by atoms with Crippen LogP contribution in [0.5, 0.6) is 0 Å². The molecule has 3 N–H and O–H groups in total. The topological polar surface area (TPSA) is 110 Å². The van der Waals surface area contributed by atoms with E-state index in [4.69, 9.17) is 4.74 Å². The van der Waals surface area contributed by atoms with Crippen LogP contribution in [0.3, 0.4) is 0 Å². The summed E-state index contributed by atoms with van der Waals surface area (Å²) in [5.41, 5.74) is 1.02. The molecule has 1 aromatic carbocycles. The van der Waals surface area contributed by atoms with Crippen molar-refractivity contribution in [3.05, 3.63) is 42.2 Å². The highest BCUT2D eigenvalue weighted by Gasteiger charge is 2.18. The number of anilines is 1. The molecule has 0 aliphatic carbocycles. The van der Waals surface area contributed by atoms with Gasteiger partial charge in [-0.1, -0.05) is 30.3 Å². The van der Waals surface area contributed by atoms with E-state index < -0.39 is 0 Å². The fourth-order valence-corrected chi connectivity index (χ4v) is 2.56. The molecule has 138 valence electrons. The third-order valence-corrected chi connectivity index (χ3v) is 3.84. The van der Waals surface area contributed by atoms with Gasteiger partial charge in [-0.25, -0.2) is 9.67 Å². The van der Waals surface area contributed by atoms with Crippen LogP contribution in [0, 0.1) is 0 Å². The second kappa shape index (κ2) is 9.07. The van der Waals surface area contributed by atoms with Crippen molar-refractivity contribution in [1.29, 1.82) is 0 Å². The summed E-state index contributed by atoms with van der Waals surface area (Å²) in [5.74, 6) is -0.224. The van der Waals surface area contributed by atoms with Gasteiger partial charge in [0.2, 0.25) is 17.8 Å². The summed E-state index contributed by atoms with van der Waals surface area (Å²) in [6.07, 6.45) is 1.50. The number of hydrogen-bond acceptors (Lipinski definition) is 6. The molecular formula is C17H22N6O3. The zero-order valence-electron chi connectivity index (χ0n) is 14.4. The third-order valence-electron chi connectivity index (χ3n) is 3.84. The summed E-state index contributed by atoms with van der Waals surface area (Å²) < 4.78 is 6.87. The van der Waals surface area contributed by atoms with E-state index in [1.165, 1.54) is 11.0 Å². The van der Waals surface area contributed by atoms with Gasteiger partial charge in [-0.05, 0) is 5.56 Å². The number of aromatic nitrogens is 3. The van der Waals surface area contributed by atoms with Crippen LogP contribution in [0.4, 0.5) is 5.95 Å². The molecule has 0 saturated carbocycles. The molecule has 1 unspecified atom stereocenters. The van der Waals surface area contributed by atoms with Crippen LogP contribution in [0.15, 0.2) is 36.7 Å². The van der Waals surface area contributed by atoms with Gasteiger partial charge < -0.3 is 15.4 Å². The van der Waals surface area contributed by atoms with E-state index in [-0.39, 0.29) is 36.8 Å². The van der Waals surface area contributed by atoms with Crippen molar-refractivity contribution in [3.8, 4) is 0 Å². The molecule has 1 fully saturated rings. The number of ether oxygens (including phenoxy) is 1. The Balaban J connectivity index is 1.42. The van der Waals surface area contributed by atoms with E-state index in [9.17, 15) is 9.59 Å². The molecular weight excluding hydrogens is 336 g/mol. The van der Waals surface area contributed by atoms with Gasteiger partial charge in [0.1, 0.15) is 12.9 Å². The Morgan fingerprint density at radius 1 is 1.27 bits per heavy atom. The molecule has 0 bridgehead atoms. The molecule has 9 nitrogen and oxygen atoms in total. The zero-order chi connectivity index (χ0) is 18.2. The first kappa shape index (κ1) is 18.0. The van der Waals surface area contributed by atoms with Crippen molar-refractivity contribution >= 4 is 17.8 Å². The molecule has 1 saturated heterocycles. The van der Waals surface area contributed by atoms with Gasteiger partial charge in [0.05, 0.1) is 19.1 Å². The number of rotatable bonds is 7. The Labute approximate surface area is 151 Å². The van der Waals surface area contributed by atoms with E-state index in [0.29, 0.717) is 19.7 Å². The van der Waals surface area contributed by atoms with E-state index >= 15 is 0 Å². The predicted octanol–water partition coefficient (Wildman–Crippen LogP) is -0.0885. The number of nitrogens with one attached hydrogen (secondary N) is 3. The molecule has 2 aromatic rings. The lowest BCUT2D eigenvalue weighted by molar-refractivity contribution is -0.122. The van der Waals surface area contributed by atoms with Gasteiger partial charge in [0, 0.05) is 19.6 Å². The number of morpholine rings is 1. The fourth-order valence-electron chi connectivity index (χ4n) is 2.56. The lowest BCUT2D eigenvalue weighted by Crippen LogP contribution is -2.40. The van der Waals surface area contributed by atoms with Crippen LogP contribution in [-0.4, -0.2) is 52.4 Å². The molecule has 1 aliphatic rings. The molecule has 1 atom stereocenters. The minimum absolute atomic E-state index is 0.0331. The van der Waals surface area contributed by atoms with Crippen LogP contribution in [0.25, 0.3) is 0 Å². The molecule has 26 heavy (non-hydrogen) atoms. The first-order valence-electron chi connectivity index (χ1n) is 8.51. The summed E-state index contributed by atoms with van der Waals surface area (Å²) >= 11 is 0. The second-order valence-corrected chi connectivity index (χ2v) is 5.98. The highest BCUT2D eigenvalue weighted by Crippen LogP contribution is 2.04. The lowest BCUT2D eigenvalue weighted by Gasteiger charge is -2.22. The van der Waals surface area contributed by atoms with Crippen molar-refractivity contribution in [2.75, 3.05) is 25.0 Å². The Kier molecular flexibility index (Phi) is 6.29. The SMILES string of the molecule is O=C(Cn1cnc(NC(=O)CC2CNCCO2)n1)NCc1ccccc1.